The third kappa shape index (κ3) is 2.45. The van der Waals surface area contributed by atoms with Crippen molar-refractivity contribution >= 4 is 0 Å². The molecule has 3 heteroatoms. The van der Waals surface area contributed by atoms with E-state index in [0.29, 0.717) is 17.9 Å². The van der Waals surface area contributed by atoms with Gasteiger partial charge in [0.1, 0.15) is 11.9 Å². The van der Waals surface area contributed by atoms with E-state index in [1.165, 1.54) is 0 Å². The molecule has 0 amide bonds. The quantitative estimate of drug-likeness (QED) is 0.803. The molecule has 1 aromatic rings. The number of benzene rings is 1. The molecule has 0 saturated carbocycles. The lowest BCUT2D eigenvalue weighted by atomic mass is 9.99. The van der Waals surface area contributed by atoms with Gasteiger partial charge in [0, 0.05) is 5.92 Å². The van der Waals surface area contributed by atoms with Gasteiger partial charge in [0.2, 0.25) is 0 Å². The molecule has 0 spiro atoms. The lowest BCUT2D eigenvalue weighted by molar-refractivity contribution is 0.251. The Kier molecular flexibility index (Phi) is 3.89. The monoisotopic (exact) mass is 197 g/mol. The molecule has 1 aromatic carbocycles. The molecule has 0 aliphatic heterocycles. The van der Waals surface area contributed by atoms with Crippen molar-refractivity contribution in [3.8, 4) is 5.75 Å². The molecule has 0 radical (unpaired) electrons. The summed E-state index contributed by atoms with van der Waals surface area (Å²) in [6, 6.07) is 7.03. The summed E-state index contributed by atoms with van der Waals surface area (Å²) in [5.41, 5.74) is 6.04. The summed E-state index contributed by atoms with van der Waals surface area (Å²) in [7, 11) is 1.57. The molecular weight excluding hydrogens is 181 g/mol. The molecule has 2 N–H and O–H groups in total. The summed E-state index contributed by atoms with van der Waals surface area (Å²) in [6.45, 7) is 2.14. The molecule has 2 unspecified atom stereocenters. The van der Waals surface area contributed by atoms with Crippen LogP contribution in [0.5, 0.6) is 5.75 Å². The second-order valence-electron chi connectivity index (χ2n) is 3.39. The second-order valence-corrected chi connectivity index (χ2v) is 3.39. The summed E-state index contributed by atoms with van der Waals surface area (Å²) < 4.78 is 18.7. The molecular formula is C11H16FNO. The van der Waals surface area contributed by atoms with Crippen molar-refractivity contribution in [1.29, 1.82) is 0 Å². The zero-order valence-electron chi connectivity index (χ0n) is 8.53. The summed E-state index contributed by atoms with van der Waals surface area (Å²) >= 11 is 0. The van der Waals surface area contributed by atoms with Crippen molar-refractivity contribution in [3.63, 3.8) is 0 Å². The molecule has 1 rings (SSSR count). The first-order valence-electron chi connectivity index (χ1n) is 4.67. The third-order valence-corrected chi connectivity index (χ3v) is 2.28. The maximum absolute atomic E-state index is 13.7. The van der Waals surface area contributed by atoms with Crippen LogP contribution in [0.1, 0.15) is 18.7 Å². The lowest BCUT2D eigenvalue weighted by Crippen LogP contribution is -2.16. The van der Waals surface area contributed by atoms with Crippen molar-refractivity contribution in [2.45, 2.75) is 13.1 Å². The first kappa shape index (κ1) is 11.0. The van der Waals surface area contributed by atoms with E-state index in [4.69, 9.17) is 10.5 Å². The molecule has 78 valence electrons. The number of hydrogen-bond donors (Lipinski definition) is 1. The molecule has 0 saturated heterocycles. The Hall–Kier alpha value is -1.09. The number of nitrogens with two attached hydrogens (primary N) is 1. The highest BCUT2D eigenvalue weighted by Gasteiger charge is 2.17. The zero-order chi connectivity index (χ0) is 10.6. The third-order valence-electron chi connectivity index (χ3n) is 2.28. The molecule has 0 aliphatic carbocycles. The highest BCUT2D eigenvalue weighted by molar-refractivity contribution is 5.30. The molecule has 0 bridgehead atoms. The fourth-order valence-corrected chi connectivity index (χ4v) is 1.26. The predicted molar refractivity (Wildman–Crippen MR) is 55.1 cm³/mol. The molecule has 14 heavy (non-hydrogen) atoms. The minimum atomic E-state index is -1.02. The standard InChI is InChI=1S/C11H16FNO/c1-8(7-13)11(12)9-4-3-5-10(6-9)14-2/h3-6,8,11H,7,13H2,1-2H3. The Morgan fingerprint density at radius 1 is 1.50 bits per heavy atom. The minimum absolute atomic E-state index is 0.165. The van der Waals surface area contributed by atoms with Gasteiger partial charge in [-0.1, -0.05) is 19.1 Å². The van der Waals surface area contributed by atoms with Gasteiger partial charge in [-0.05, 0) is 24.2 Å². The molecule has 0 aliphatic rings. The highest BCUT2D eigenvalue weighted by atomic mass is 19.1. The average molecular weight is 197 g/mol. The Balaban J connectivity index is 2.83. The summed E-state index contributed by atoms with van der Waals surface area (Å²) in [5, 5.41) is 0. The van der Waals surface area contributed by atoms with Crippen molar-refractivity contribution in [3.05, 3.63) is 29.8 Å². The van der Waals surface area contributed by atoms with E-state index in [2.05, 4.69) is 0 Å². The van der Waals surface area contributed by atoms with Crippen molar-refractivity contribution in [1.82, 2.24) is 0 Å². The van der Waals surface area contributed by atoms with Gasteiger partial charge >= 0.3 is 0 Å². The highest BCUT2D eigenvalue weighted by Crippen LogP contribution is 2.27. The summed E-state index contributed by atoms with van der Waals surface area (Å²) in [4.78, 5) is 0. The van der Waals surface area contributed by atoms with Gasteiger partial charge in [0.15, 0.2) is 0 Å². The smallest absolute Gasteiger partial charge is 0.129 e. The van der Waals surface area contributed by atoms with E-state index < -0.39 is 6.17 Å². The minimum Gasteiger partial charge on any atom is -0.497 e. The van der Waals surface area contributed by atoms with Crippen molar-refractivity contribution < 1.29 is 9.13 Å². The topological polar surface area (TPSA) is 35.2 Å². The maximum Gasteiger partial charge on any atom is 0.129 e. The van der Waals surface area contributed by atoms with Crippen LogP contribution in [0.15, 0.2) is 24.3 Å². The first-order valence-corrected chi connectivity index (χ1v) is 4.67. The van der Waals surface area contributed by atoms with Crippen LogP contribution >= 0.6 is 0 Å². The normalized spacial score (nSPS) is 14.9. The van der Waals surface area contributed by atoms with Gasteiger partial charge in [0.05, 0.1) is 7.11 Å². The van der Waals surface area contributed by atoms with E-state index in [0.717, 1.165) is 0 Å². The van der Waals surface area contributed by atoms with Crippen LogP contribution in [0.4, 0.5) is 4.39 Å². The van der Waals surface area contributed by atoms with E-state index in [1.54, 1.807) is 38.3 Å². The van der Waals surface area contributed by atoms with Gasteiger partial charge in [-0.3, -0.25) is 0 Å². The number of rotatable bonds is 4. The number of methoxy groups -OCH3 is 1. The van der Waals surface area contributed by atoms with E-state index in [9.17, 15) is 4.39 Å². The van der Waals surface area contributed by atoms with Crippen LogP contribution in [0.25, 0.3) is 0 Å². The van der Waals surface area contributed by atoms with Gasteiger partial charge < -0.3 is 10.5 Å². The zero-order valence-corrected chi connectivity index (χ0v) is 8.53. The largest absolute Gasteiger partial charge is 0.497 e. The Morgan fingerprint density at radius 2 is 2.21 bits per heavy atom. The Bertz CT molecular complexity index is 290. The second kappa shape index (κ2) is 4.96. The number of alkyl halides is 1. The fourth-order valence-electron chi connectivity index (χ4n) is 1.26. The fraction of sp³-hybridized carbons (Fsp3) is 0.455. The van der Waals surface area contributed by atoms with E-state index in [1.807, 2.05) is 0 Å². The number of hydrogen-bond acceptors (Lipinski definition) is 2. The van der Waals surface area contributed by atoms with Crippen LogP contribution in [0.3, 0.4) is 0 Å². The number of halogens is 1. The van der Waals surface area contributed by atoms with Gasteiger partial charge in [0.25, 0.3) is 0 Å². The summed E-state index contributed by atoms with van der Waals surface area (Å²) in [5.74, 6) is 0.511. The van der Waals surface area contributed by atoms with Crippen molar-refractivity contribution in [2.24, 2.45) is 11.7 Å². The van der Waals surface area contributed by atoms with Gasteiger partial charge in [-0.25, -0.2) is 4.39 Å². The summed E-state index contributed by atoms with van der Waals surface area (Å²) in [6.07, 6.45) is -1.02. The Morgan fingerprint density at radius 3 is 2.79 bits per heavy atom. The Labute approximate surface area is 83.9 Å². The van der Waals surface area contributed by atoms with Crippen LogP contribution in [0, 0.1) is 5.92 Å². The molecule has 0 heterocycles. The van der Waals surface area contributed by atoms with Gasteiger partial charge in [-0.2, -0.15) is 0 Å². The molecule has 2 nitrogen and oxygen atoms in total. The molecule has 2 atom stereocenters. The van der Waals surface area contributed by atoms with Crippen LogP contribution in [0.2, 0.25) is 0 Å². The number of ether oxygens (including phenoxy) is 1. The predicted octanol–water partition coefficient (Wildman–Crippen LogP) is 2.30. The molecule has 0 aromatic heterocycles. The SMILES string of the molecule is COc1cccc(C(F)C(C)CN)c1. The van der Waals surface area contributed by atoms with E-state index >= 15 is 0 Å². The first-order chi connectivity index (χ1) is 6.69. The van der Waals surface area contributed by atoms with Crippen LogP contribution < -0.4 is 10.5 Å². The average Bonchev–Trinajstić information content (AvgIpc) is 2.27. The lowest BCUT2D eigenvalue weighted by Gasteiger charge is -2.15. The molecule has 0 fully saturated rings. The van der Waals surface area contributed by atoms with Crippen LogP contribution in [-0.2, 0) is 0 Å². The van der Waals surface area contributed by atoms with Crippen LogP contribution in [-0.4, -0.2) is 13.7 Å². The van der Waals surface area contributed by atoms with E-state index in [-0.39, 0.29) is 5.92 Å². The van der Waals surface area contributed by atoms with Gasteiger partial charge in [-0.15, -0.1) is 0 Å². The van der Waals surface area contributed by atoms with Crippen molar-refractivity contribution in [2.75, 3.05) is 13.7 Å². The maximum atomic E-state index is 13.7.